The summed E-state index contributed by atoms with van der Waals surface area (Å²) >= 11 is 0. The van der Waals surface area contributed by atoms with Crippen LogP contribution in [-0.2, 0) is 12.6 Å². The Labute approximate surface area is 112 Å². The molecule has 0 aromatic heterocycles. The van der Waals surface area contributed by atoms with E-state index in [4.69, 9.17) is 0 Å². The first-order valence-electron chi connectivity index (χ1n) is 6.92. The van der Waals surface area contributed by atoms with Gasteiger partial charge in [-0.1, -0.05) is 18.2 Å². The third kappa shape index (κ3) is 4.53. The van der Waals surface area contributed by atoms with Crippen LogP contribution < -0.4 is 5.32 Å². The first-order chi connectivity index (χ1) is 9.05. The lowest BCUT2D eigenvalue weighted by Crippen LogP contribution is -2.29. The van der Waals surface area contributed by atoms with E-state index in [0.717, 1.165) is 44.0 Å². The lowest BCUT2D eigenvalue weighted by molar-refractivity contribution is -0.137. The summed E-state index contributed by atoms with van der Waals surface area (Å²) in [7, 11) is 0. The van der Waals surface area contributed by atoms with Crippen molar-refractivity contribution in [1.29, 1.82) is 0 Å². The number of hydrogen-bond donors (Lipinski definition) is 1. The summed E-state index contributed by atoms with van der Waals surface area (Å²) in [6, 6.07) is 5.70. The highest BCUT2D eigenvalue weighted by Gasteiger charge is 2.30. The first-order valence-corrected chi connectivity index (χ1v) is 6.92. The lowest BCUT2D eigenvalue weighted by Gasteiger charge is -2.22. The summed E-state index contributed by atoms with van der Waals surface area (Å²) in [5.74, 6) is 0.694. The van der Waals surface area contributed by atoms with Gasteiger partial charge in [-0.2, -0.15) is 13.2 Å². The van der Waals surface area contributed by atoms with Crippen LogP contribution in [0.1, 0.15) is 36.8 Å². The van der Waals surface area contributed by atoms with Gasteiger partial charge in [0, 0.05) is 0 Å². The Morgan fingerprint density at radius 1 is 1.26 bits per heavy atom. The number of aryl methyl sites for hydroxylation is 1. The van der Waals surface area contributed by atoms with Gasteiger partial charge in [-0.3, -0.25) is 0 Å². The van der Waals surface area contributed by atoms with Gasteiger partial charge in [0.15, 0.2) is 0 Å². The predicted octanol–water partition coefficient (Wildman–Crippen LogP) is 4.03. The van der Waals surface area contributed by atoms with Gasteiger partial charge < -0.3 is 5.32 Å². The molecule has 1 unspecified atom stereocenters. The van der Waals surface area contributed by atoms with Crippen molar-refractivity contribution in [1.82, 2.24) is 5.32 Å². The maximum Gasteiger partial charge on any atom is 0.416 e. The van der Waals surface area contributed by atoms with Gasteiger partial charge in [0.25, 0.3) is 0 Å². The molecule has 106 valence electrons. The second-order valence-corrected chi connectivity index (χ2v) is 5.30. The zero-order valence-corrected chi connectivity index (χ0v) is 11.0. The van der Waals surface area contributed by atoms with Gasteiger partial charge in [-0.25, -0.2) is 0 Å². The molecule has 2 rings (SSSR count). The molecule has 1 nitrogen and oxygen atoms in total. The molecule has 0 saturated carbocycles. The molecule has 1 N–H and O–H groups in total. The highest BCUT2D eigenvalue weighted by Crippen LogP contribution is 2.30. The van der Waals surface area contributed by atoms with Gasteiger partial charge >= 0.3 is 6.18 Å². The molecule has 1 aromatic rings. The third-order valence-electron chi connectivity index (χ3n) is 3.73. The molecule has 1 aliphatic rings. The van der Waals surface area contributed by atoms with Crippen molar-refractivity contribution in [3.05, 3.63) is 35.4 Å². The molecular weight excluding hydrogens is 251 g/mol. The first kappa shape index (κ1) is 14.4. The molecule has 1 aromatic carbocycles. The van der Waals surface area contributed by atoms with Crippen molar-refractivity contribution in [2.45, 2.75) is 38.3 Å². The predicted molar refractivity (Wildman–Crippen MR) is 70.0 cm³/mol. The SMILES string of the molecule is FC(F)(F)c1cccc(CCCC2CCCNC2)c1. The van der Waals surface area contributed by atoms with Crippen LogP contribution in [0.5, 0.6) is 0 Å². The second-order valence-electron chi connectivity index (χ2n) is 5.30. The van der Waals surface area contributed by atoms with Gasteiger partial charge in [0.1, 0.15) is 0 Å². The molecule has 4 heteroatoms. The molecule has 19 heavy (non-hydrogen) atoms. The van der Waals surface area contributed by atoms with E-state index in [1.807, 2.05) is 0 Å². The smallest absolute Gasteiger partial charge is 0.316 e. The second kappa shape index (κ2) is 6.42. The van der Waals surface area contributed by atoms with Crippen LogP contribution in [0.3, 0.4) is 0 Å². The van der Waals surface area contributed by atoms with Crippen molar-refractivity contribution in [2.24, 2.45) is 5.92 Å². The van der Waals surface area contributed by atoms with Gasteiger partial charge in [-0.05, 0) is 62.7 Å². The van der Waals surface area contributed by atoms with Crippen molar-refractivity contribution in [3.8, 4) is 0 Å². The fraction of sp³-hybridized carbons (Fsp3) is 0.600. The van der Waals surface area contributed by atoms with Crippen LogP contribution in [0.4, 0.5) is 13.2 Å². The molecule has 0 spiro atoms. The van der Waals surface area contributed by atoms with Crippen LogP contribution in [0.2, 0.25) is 0 Å². The number of benzene rings is 1. The van der Waals surface area contributed by atoms with Crippen molar-refractivity contribution in [3.63, 3.8) is 0 Å². The number of nitrogens with one attached hydrogen (secondary N) is 1. The standard InChI is InChI=1S/C15H20F3N/c16-15(17,18)14-8-2-5-12(10-14)4-1-6-13-7-3-9-19-11-13/h2,5,8,10,13,19H,1,3-4,6-7,9,11H2. The summed E-state index contributed by atoms with van der Waals surface area (Å²) in [6.45, 7) is 2.16. The highest BCUT2D eigenvalue weighted by atomic mass is 19.4. The minimum Gasteiger partial charge on any atom is -0.316 e. The van der Waals surface area contributed by atoms with Crippen LogP contribution in [0.15, 0.2) is 24.3 Å². The molecule has 0 radical (unpaired) electrons. The number of hydrogen-bond acceptors (Lipinski definition) is 1. The Balaban J connectivity index is 1.82. The van der Waals surface area contributed by atoms with E-state index in [1.165, 1.54) is 25.0 Å². The number of alkyl halides is 3. The Morgan fingerprint density at radius 3 is 2.79 bits per heavy atom. The summed E-state index contributed by atoms with van der Waals surface area (Å²) in [5, 5.41) is 3.36. The van der Waals surface area contributed by atoms with E-state index in [-0.39, 0.29) is 0 Å². The van der Waals surface area contributed by atoms with Gasteiger partial charge in [0.05, 0.1) is 5.56 Å². The van der Waals surface area contributed by atoms with Crippen molar-refractivity contribution < 1.29 is 13.2 Å². The largest absolute Gasteiger partial charge is 0.416 e. The summed E-state index contributed by atoms with van der Waals surface area (Å²) in [4.78, 5) is 0. The molecule has 1 heterocycles. The topological polar surface area (TPSA) is 12.0 Å². The zero-order chi connectivity index (χ0) is 13.7. The number of piperidine rings is 1. The Hall–Kier alpha value is -1.03. The third-order valence-corrected chi connectivity index (χ3v) is 3.73. The van der Waals surface area contributed by atoms with E-state index in [9.17, 15) is 13.2 Å². The van der Waals surface area contributed by atoms with Crippen molar-refractivity contribution in [2.75, 3.05) is 13.1 Å². The number of rotatable bonds is 4. The minimum absolute atomic E-state index is 0.538. The zero-order valence-electron chi connectivity index (χ0n) is 11.0. The minimum atomic E-state index is -4.23. The molecule has 0 amide bonds. The fourth-order valence-electron chi connectivity index (χ4n) is 2.67. The lowest BCUT2D eigenvalue weighted by atomic mass is 9.93. The van der Waals surface area contributed by atoms with Crippen molar-refractivity contribution >= 4 is 0 Å². The Kier molecular flexibility index (Phi) is 4.86. The van der Waals surface area contributed by atoms with E-state index in [2.05, 4.69) is 5.32 Å². The molecule has 1 fully saturated rings. The van der Waals surface area contributed by atoms with Gasteiger partial charge in [0.2, 0.25) is 0 Å². The molecule has 1 saturated heterocycles. The van der Waals surface area contributed by atoms with E-state index >= 15 is 0 Å². The van der Waals surface area contributed by atoms with E-state index < -0.39 is 11.7 Å². The quantitative estimate of drug-likeness (QED) is 0.872. The Morgan fingerprint density at radius 2 is 2.11 bits per heavy atom. The Bertz CT molecular complexity index is 395. The summed E-state index contributed by atoms with van der Waals surface area (Å²) in [6.07, 6.45) is 1.03. The molecular formula is C15H20F3N. The summed E-state index contributed by atoms with van der Waals surface area (Å²) in [5.41, 5.74) is 0.253. The van der Waals surface area contributed by atoms with Crippen LogP contribution in [0.25, 0.3) is 0 Å². The van der Waals surface area contributed by atoms with Crippen LogP contribution in [0, 0.1) is 5.92 Å². The highest BCUT2D eigenvalue weighted by molar-refractivity contribution is 5.25. The molecule has 1 atom stereocenters. The normalized spacial score (nSPS) is 20.5. The van der Waals surface area contributed by atoms with E-state index in [0.29, 0.717) is 5.92 Å². The summed E-state index contributed by atoms with van der Waals surface area (Å²) < 4.78 is 37.7. The number of halogens is 3. The average molecular weight is 271 g/mol. The molecule has 0 aliphatic carbocycles. The average Bonchev–Trinajstić information content (AvgIpc) is 2.39. The van der Waals surface area contributed by atoms with Crippen LogP contribution in [-0.4, -0.2) is 13.1 Å². The van der Waals surface area contributed by atoms with Crippen LogP contribution >= 0.6 is 0 Å². The molecule has 0 bridgehead atoms. The maximum absolute atomic E-state index is 12.6. The monoisotopic (exact) mass is 271 g/mol. The maximum atomic E-state index is 12.6. The van der Waals surface area contributed by atoms with E-state index in [1.54, 1.807) is 6.07 Å². The van der Waals surface area contributed by atoms with Gasteiger partial charge in [-0.15, -0.1) is 0 Å². The molecule has 1 aliphatic heterocycles. The fourth-order valence-corrected chi connectivity index (χ4v) is 2.67.